The summed E-state index contributed by atoms with van der Waals surface area (Å²) >= 11 is 16.8. The number of hydrogen-bond donors (Lipinski definition) is 1. The van der Waals surface area contributed by atoms with Crippen molar-refractivity contribution in [2.45, 2.75) is 6.61 Å². The number of rotatable bonds is 4. The average molecular weight is 312 g/mol. The van der Waals surface area contributed by atoms with Crippen LogP contribution < -0.4 is 10.5 Å². The van der Waals surface area contributed by atoms with Crippen molar-refractivity contribution in [2.75, 3.05) is 0 Å². The van der Waals surface area contributed by atoms with Gasteiger partial charge in [0.25, 0.3) is 0 Å². The van der Waals surface area contributed by atoms with Crippen LogP contribution in [0.1, 0.15) is 11.1 Å². The second-order valence-corrected chi connectivity index (χ2v) is 5.20. The highest BCUT2D eigenvalue weighted by Crippen LogP contribution is 2.23. The molecule has 2 rings (SSSR count). The Hall–Kier alpha value is -1.29. The van der Waals surface area contributed by atoms with Gasteiger partial charge in [0.1, 0.15) is 17.3 Å². The third-order valence-corrected chi connectivity index (χ3v) is 3.35. The lowest BCUT2D eigenvalue weighted by Crippen LogP contribution is -2.09. The molecule has 0 spiro atoms. The monoisotopic (exact) mass is 311 g/mol. The Morgan fingerprint density at radius 3 is 2.63 bits per heavy atom. The Morgan fingerprint density at radius 1 is 1.16 bits per heavy atom. The Morgan fingerprint density at radius 2 is 1.95 bits per heavy atom. The molecule has 0 heterocycles. The van der Waals surface area contributed by atoms with Gasteiger partial charge >= 0.3 is 0 Å². The van der Waals surface area contributed by atoms with Crippen LogP contribution in [0.2, 0.25) is 10.0 Å². The highest BCUT2D eigenvalue weighted by atomic mass is 35.5. The number of benzene rings is 2. The topological polar surface area (TPSA) is 35.2 Å². The van der Waals surface area contributed by atoms with E-state index in [1.165, 1.54) is 0 Å². The Bertz CT molecular complexity index is 616. The molecule has 5 heteroatoms. The molecule has 0 saturated heterocycles. The van der Waals surface area contributed by atoms with Gasteiger partial charge in [0.05, 0.1) is 0 Å². The molecule has 2 N–H and O–H groups in total. The van der Waals surface area contributed by atoms with Crippen LogP contribution in [0.5, 0.6) is 5.75 Å². The first kappa shape index (κ1) is 14.1. The summed E-state index contributed by atoms with van der Waals surface area (Å²) in [5.74, 6) is 0.691. The van der Waals surface area contributed by atoms with E-state index in [2.05, 4.69) is 0 Å². The van der Waals surface area contributed by atoms with Crippen LogP contribution in [0, 0.1) is 0 Å². The van der Waals surface area contributed by atoms with Crippen molar-refractivity contribution >= 4 is 40.4 Å². The molecule has 98 valence electrons. The molecule has 0 radical (unpaired) electrons. The molecule has 2 aromatic rings. The molecule has 0 amide bonds. The Labute approximate surface area is 127 Å². The zero-order chi connectivity index (χ0) is 13.8. The van der Waals surface area contributed by atoms with Crippen molar-refractivity contribution in [1.82, 2.24) is 0 Å². The molecule has 19 heavy (non-hydrogen) atoms. The molecule has 0 aliphatic carbocycles. The summed E-state index contributed by atoms with van der Waals surface area (Å²) in [6.07, 6.45) is 0. The molecule has 0 saturated carbocycles. The first-order valence-corrected chi connectivity index (χ1v) is 6.69. The lowest BCUT2D eigenvalue weighted by molar-refractivity contribution is 0.306. The molecule has 2 aromatic carbocycles. The highest BCUT2D eigenvalue weighted by Gasteiger charge is 2.04. The van der Waals surface area contributed by atoms with E-state index >= 15 is 0 Å². The van der Waals surface area contributed by atoms with E-state index in [9.17, 15) is 0 Å². The SMILES string of the molecule is NC(=S)c1cccc(OCc2ccc(Cl)cc2Cl)c1. The molecular formula is C14H11Cl2NOS. The van der Waals surface area contributed by atoms with Crippen LogP contribution in [-0.2, 0) is 6.61 Å². The van der Waals surface area contributed by atoms with Crippen molar-refractivity contribution in [3.63, 3.8) is 0 Å². The summed E-state index contributed by atoms with van der Waals surface area (Å²) in [4.78, 5) is 0.343. The highest BCUT2D eigenvalue weighted by molar-refractivity contribution is 7.80. The van der Waals surface area contributed by atoms with E-state index in [0.717, 1.165) is 11.1 Å². The summed E-state index contributed by atoms with van der Waals surface area (Å²) in [5.41, 5.74) is 7.21. The van der Waals surface area contributed by atoms with Gasteiger partial charge in [-0.15, -0.1) is 0 Å². The summed E-state index contributed by atoms with van der Waals surface area (Å²) in [7, 11) is 0. The maximum Gasteiger partial charge on any atom is 0.120 e. The minimum atomic E-state index is 0.343. The van der Waals surface area contributed by atoms with E-state index in [1.807, 2.05) is 24.3 Å². The summed E-state index contributed by atoms with van der Waals surface area (Å²) in [5, 5.41) is 1.18. The first-order valence-electron chi connectivity index (χ1n) is 5.53. The van der Waals surface area contributed by atoms with Crippen molar-refractivity contribution in [3.05, 3.63) is 63.6 Å². The molecule has 0 aromatic heterocycles. The zero-order valence-electron chi connectivity index (χ0n) is 9.90. The fraction of sp³-hybridized carbons (Fsp3) is 0.0714. The van der Waals surface area contributed by atoms with Crippen LogP contribution in [0.15, 0.2) is 42.5 Å². The van der Waals surface area contributed by atoms with Gasteiger partial charge in [-0.3, -0.25) is 0 Å². The Balaban J connectivity index is 2.10. The second-order valence-electron chi connectivity index (χ2n) is 3.92. The average Bonchev–Trinajstić information content (AvgIpc) is 2.38. The van der Waals surface area contributed by atoms with Gasteiger partial charge < -0.3 is 10.5 Å². The number of hydrogen-bond acceptors (Lipinski definition) is 2. The third kappa shape index (κ3) is 3.83. The normalized spacial score (nSPS) is 10.2. The van der Waals surface area contributed by atoms with Gasteiger partial charge in [-0.25, -0.2) is 0 Å². The van der Waals surface area contributed by atoms with E-state index < -0.39 is 0 Å². The largest absolute Gasteiger partial charge is 0.489 e. The van der Waals surface area contributed by atoms with Crippen LogP contribution in [-0.4, -0.2) is 4.99 Å². The Kier molecular flexibility index (Phi) is 4.64. The van der Waals surface area contributed by atoms with Crippen LogP contribution in [0.25, 0.3) is 0 Å². The minimum absolute atomic E-state index is 0.343. The van der Waals surface area contributed by atoms with Crippen LogP contribution in [0.4, 0.5) is 0 Å². The van der Waals surface area contributed by atoms with Crippen LogP contribution in [0.3, 0.4) is 0 Å². The van der Waals surface area contributed by atoms with E-state index in [-0.39, 0.29) is 0 Å². The quantitative estimate of drug-likeness (QED) is 0.859. The first-order chi connectivity index (χ1) is 9.06. The number of ether oxygens (including phenoxy) is 1. The summed E-state index contributed by atoms with van der Waals surface area (Å²) in [6.45, 7) is 0.358. The maximum atomic E-state index is 6.07. The minimum Gasteiger partial charge on any atom is -0.489 e. The number of nitrogens with two attached hydrogens (primary N) is 1. The molecule has 0 fully saturated rings. The summed E-state index contributed by atoms with van der Waals surface area (Å²) in [6, 6.07) is 12.6. The van der Waals surface area contributed by atoms with Crippen LogP contribution >= 0.6 is 35.4 Å². The molecule has 0 unspecified atom stereocenters. The van der Waals surface area contributed by atoms with Crippen molar-refractivity contribution in [2.24, 2.45) is 5.73 Å². The number of halogens is 2. The second kappa shape index (κ2) is 6.24. The van der Waals surface area contributed by atoms with Gasteiger partial charge in [0, 0.05) is 21.2 Å². The van der Waals surface area contributed by atoms with E-state index in [0.29, 0.717) is 27.4 Å². The molecule has 0 aliphatic rings. The third-order valence-electron chi connectivity index (χ3n) is 2.53. The lowest BCUT2D eigenvalue weighted by atomic mass is 10.2. The predicted octanol–water partition coefficient (Wildman–Crippen LogP) is 4.21. The van der Waals surface area contributed by atoms with E-state index in [4.69, 9.17) is 45.9 Å². The van der Waals surface area contributed by atoms with Crippen molar-refractivity contribution in [1.29, 1.82) is 0 Å². The number of thiocarbonyl (C=S) groups is 1. The van der Waals surface area contributed by atoms with Gasteiger partial charge in [0.2, 0.25) is 0 Å². The maximum absolute atomic E-state index is 6.07. The smallest absolute Gasteiger partial charge is 0.120 e. The van der Waals surface area contributed by atoms with Crippen molar-refractivity contribution < 1.29 is 4.74 Å². The lowest BCUT2D eigenvalue weighted by Gasteiger charge is -2.09. The van der Waals surface area contributed by atoms with Crippen molar-refractivity contribution in [3.8, 4) is 5.75 Å². The van der Waals surface area contributed by atoms with Gasteiger partial charge in [-0.05, 0) is 24.3 Å². The molecular weight excluding hydrogens is 301 g/mol. The van der Waals surface area contributed by atoms with Gasteiger partial charge in [0.15, 0.2) is 0 Å². The zero-order valence-corrected chi connectivity index (χ0v) is 12.2. The fourth-order valence-corrected chi connectivity index (χ4v) is 2.13. The molecule has 0 atom stereocenters. The summed E-state index contributed by atoms with van der Waals surface area (Å²) < 4.78 is 5.66. The van der Waals surface area contributed by atoms with Gasteiger partial charge in [-0.2, -0.15) is 0 Å². The predicted molar refractivity (Wildman–Crippen MR) is 83.1 cm³/mol. The van der Waals surface area contributed by atoms with E-state index in [1.54, 1.807) is 18.2 Å². The standard InChI is InChI=1S/C14H11Cl2NOS/c15-11-5-4-10(13(16)7-11)8-18-12-3-1-2-9(6-12)14(17)19/h1-7H,8H2,(H2,17,19). The molecule has 2 nitrogen and oxygen atoms in total. The fourth-order valence-electron chi connectivity index (χ4n) is 1.54. The molecule has 0 bridgehead atoms. The molecule has 0 aliphatic heterocycles. The van der Waals surface area contributed by atoms with Gasteiger partial charge in [-0.1, -0.05) is 53.6 Å².